The number of carbonyl (C=O) groups excluding carboxylic acids is 3. The summed E-state index contributed by atoms with van der Waals surface area (Å²) in [6.07, 6.45) is 4.08. The molecule has 0 radical (unpaired) electrons. The summed E-state index contributed by atoms with van der Waals surface area (Å²) in [5, 5.41) is 2.85. The van der Waals surface area contributed by atoms with Crippen LogP contribution in [0.25, 0.3) is 0 Å². The first-order valence-corrected chi connectivity index (χ1v) is 11.4. The summed E-state index contributed by atoms with van der Waals surface area (Å²) in [6, 6.07) is 9.46. The van der Waals surface area contributed by atoms with E-state index in [0.717, 1.165) is 31.2 Å². The van der Waals surface area contributed by atoms with E-state index in [1.54, 1.807) is 0 Å². The molecule has 0 heterocycles. The zero-order valence-electron chi connectivity index (χ0n) is 19.7. The molecule has 2 rings (SSSR count). The molecule has 7 nitrogen and oxygen atoms in total. The number of ether oxygens (including phenoxy) is 3. The van der Waals surface area contributed by atoms with Gasteiger partial charge in [0.25, 0.3) is 0 Å². The van der Waals surface area contributed by atoms with Crippen LogP contribution in [0.4, 0.5) is 4.79 Å². The summed E-state index contributed by atoms with van der Waals surface area (Å²) in [6.45, 7) is 6.31. The van der Waals surface area contributed by atoms with Crippen LogP contribution in [0.15, 0.2) is 30.3 Å². The second-order valence-corrected chi connectivity index (χ2v) is 9.58. The van der Waals surface area contributed by atoms with Crippen LogP contribution in [-0.4, -0.2) is 37.3 Å². The minimum atomic E-state index is -0.507. The highest BCUT2D eigenvalue weighted by atomic mass is 16.6. The first kappa shape index (κ1) is 25.7. The Morgan fingerprint density at radius 2 is 1.66 bits per heavy atom. The molecule has 0 bridgehead atoms. The van der Waals surface area contributed by atoms with Crippen molar-refractivity contribution in [2.75, 3.05) is 13.7 Å². The second-order valence-electron chi connectivity index (χ2n) is 9.58. The fraction of sp³-hybridized carbons (Fsp3) is 0.640. The normalized spacial score (nSPS) is 19.5. The fourth-order valence-corrected chi connectivity index (χ4v) is 4.04. The number of methoxy groups -OCH3 is 1. The van der Waals surface area contributed by atoms with Crippen molar-refractivity contribution in [2.45, 2.75) is 71.5 Å². The molecule has 0 saturated heterocycles. The largest absolute Gasteiger partial charge is 0.469 e. The molecule has 1 aliphatic carbocycles. The Bertz CT molecular complexity index is 735. The third-order valence-corrected chi connectivity index (χ3v) is 5.71. The molecule has 1 amide bonds. The monoisotopic (exact) mass is 447 g/mol. The molecule has 178 valence electrons. The van der Waals surface area contributed by atoms with Crippen molar-refractivity contribution in [1.82, 2.24) is 5.32 Å². The van der Waals surface area contributed by atoms with Crippen molar-refractivity contribution in [3.05, 3.63) is 35.9 Å². The van der Waals surface area contributed by atoms with Crippen molar-refractivity contribution >= 4 is 18.0 Å². The summed E-state index contributed by atoms with van der Waals surface area (Å²) in [5.41, 5.74) is 0.404. The van der Waals surface area contributed by atoms with Gasteiger partial charge in [-0.15, -0.1) is 0 Å². The van der Waals surface area contributed by atoms with Gasteiger partial charge in [0.1, 0.15) is 12.2 Å². The third-order valence-electron chi connectivity index (χ3n) is 5.71. The number of benzene rings is 1. The number of hydrogen-bond acceptors (Lipinski definition) is 6. The predicted octanol–water partition coefficient (Wildman–Crippen LogP) is 4.63. The number of carbonyl (C=O) groups is 3. The lowest BCUT2D eigenvalue weighted by molar-refractivity contribution is -0.154. The predicted molar refractivity (Wildman–Crippen MR) is 121 cm³/mol. The number of hydrogen-bond donors (Lipinski definition) is 1. The molecule has 1 atom stereocenters. The van der Waals surface area contributed by atoms with Gasteiger partial charge in [-0.3, -0.25) is 9.59 Å². The Labute approximate surface area is 191 Å². The SMILES string of the molecule is COC(=O)[C@@H](CC(=O)OCc1ccccc1)CC1CCC(CNC(=O)OC(C)(C)C)CC1. The van der Waals surface area contributed by atoms with Crippen LogP contribution in [-0.2, 0) is 30.4 Å². The van der Waals surface area contributed by atoms with E-state index in [-0.39, 0.29) is 31.1 Å². The van der Waals surface area contributed by atoms with Gasteiger partial charge in [-0.25, -0.2) is 4.79 Å². The molecular weight excluding hydrogens is 410 g/mol. The standard InChI is InChI=1S/C25H37NO6/c1-25(2,3)32-24(29)26-16-19-12-10-18(11-13-19)14-21(23(28)30-4)15-22(27)31-17-20-8-6-5-7-9-20/h5-9,18-19,21H,10-17H2,1-4H3,(H,26,29)/t18?,19?,21-/m1/s1. The lowest BCUT2D eigenvalue weighted by Crippen LogP contribution is -2.36. The van der Waals surface area contributed by atoms with Crippen LogP contribution < -0.4 is 5.32 Å². The topological polar surface area (TPSA) is 90.9 Å². The van der Waals surface area contributed by atoms with E-state index < -0.39 is 11.5 Å². The fourth-order valence-electron chi connectivity index (χ4n) is 4.04. The Hall–Kier alpha value is -2.57. The zero-order valence-corrected chi connectivity index (χ0v) is 19.7. The van der Waals surface area contributed by atoms with Gasteiger partial charge in [-0.1, -0.05) is 43.2 Å². The first-order valence-electron chi connectivity index (χ1n) is 11.4. The maximum atomic E-state index is 12.3. The smallest absolute Gasteiger partial charge is 0.407 e. The van der Waals surface area contributed by atoms with Crippen LogP contribution in [0, 0.1) is 17.8 Å². The highest BCUT2D eigenvalue weighted by Crippen LogP contribution is 2.33. The van der Waals surface area contributed by atoms with E-state index in [9.17, 15) is 14.4 Å². The van der Waals surface area contributed by atoms with Gasteiger partial charge in [-0.2, -0.15) is 0 Å². The molecule has 0 aliphatic heterocycles. The summed E-state index contributed by atoms with van der Waals surface area (Å²) in [4.78, 5) is 36.4. The average molecular weight is 448 g/mol. The molecule has 1 N–H and O–H groups in total. The molecule has 0 unspecified atom stereocenters. The van der Waals surface area contributed by atoms with E-state index in [1.165, 1.54) is 7.11 Å². The van der Waals surface area contributed by atoms with Gasteiger partial charge in [0, 0.05) is 6.54 Å². The number of esters is 2. The van der Waals surface area contributed by atoms with Gasteiger partial charge in [0.15, 0.2) is 0 Å². The lowest BCUT2D eigenvalue weighted by Gasteiger charge is -2.30. The summed E-state index contributed by atoms with van der Waals surface area (Å²) in [5.74, 6) is -0.510. The molecule has 0 aromatic heterocycles. The van der Waals surface area contributed by atoms with Gasteiger partial charge in [0.05, 0.1) is 19.4 Å². The molecule has 1 aromatic rings. The van der Waals surface area contributed by atoms with Crippen LogP contribution in [0.5, 0.6) is 0 Å². The first-order chi connectivity index (χ1) is 15.2. The van der Waals surface area contributed by atoms with Crippen molar-refractivity contribution in [3.63, 3.8) is 0 Å². The van der Waals surface area contributed by atoms with Crippen LogP contribution in [0.3, 0.4) is 0 Å². The summed E-state index contributed by atoms with van der Waals surface area (Å²) >= 11 is 0. The summed E-state index contributed by atoms with van der Waals surface area (Å²) < 4.78 is 15.6. The quantitative estimate of drug-likeness (QED) is 0.438. The van der Waals surface area contributed by atoms with Crippen molar-refractivity contribution in [1.29, 1.82) is 0 Å². The Morgan fingerprint density at radius 3 is 2.25 bits per heavy atom. The Morgan fingerprint density at radius 1 is 1.03 bits per heavy atom. The van der Waals surface area contributed by atoms with Gasteiger partial charge in [-0.05, 0) is 57.4 Å². The van der Waals surface area contributed by atoms with Gasteiger partial charge in [0.2, 0.25) is 0 Å². The number of rotatable bonds is 9. The van der Waals surface area contributed by atoms with E-state index in [2.05, 4.69) is 5.32 Å². The molecular formula is C25H37NO6. The summed E-state index contributed by atoms with van der Waals surface area (Å²) in [7, 11) is 1.35. The van der Waals surface area contributed by atoms with Crippen LogP contribution in [0.2, 0.25) is 0 Å². The minimum Gasteiger partial charge on any atom is -0.469 e. The van der Waals surface area contributed by atoms with Crippen molar-refractivity contribution in [3.8, 4) is 0 Å². The molecule has 32 heavy (non-hydrogen) atoms. The molecule has 1 fully saturated rings. The molecule has 1 saturated carbocycles. The van der Waals surface area contributed by atoms with E-state index in [1.807, 2.05) is 51.1 Å². The van der Waals surface area contributed by atoms with E-state index in [0.29, 0.717) is 24.8 Å². The lowest BCUT2D eigenvalue weighted by atomic mass is 9.77. The molecule has 1 aromatic carbocycles. The van der Waals surface area contributed by atoms with Gasteiger partial charge >= 0.3 is 18.0 Å². The third kappa shape index (κ3) is 9.71. The van der Waals surface area contributed by atoms with Crippen LogP contribution >= 0.6 is 0 Å². The maximum Gasteiger partial charge on any atom is 0.407 e. The maximum absolute atomic E-state index is 12.3. The van der Waals surface area contributed by atoms with Gasteiger partial charge < -0.3 is 19.5 Å². The second kappa shape index (κ2) is 12.5. The van der Waals surface area contributed by atoms with Crippen molar-refractivity contribution < 1.29 is 28.6 Å². The molecule has 0 spiro atoms. The highest BCUT2D eigenvalue weighted by molar-refractivity contribution is 5.79. The Kier molecular flexibility index (Phi) is 10.0. The zero-order chi connectivity index (χ0) is 23.6. The Balaban J connectivity index is 1.75. The minimum absolute atomic E-state index is 0.0274. The molecule has 1 aliphatic rings. The van der Waals surface area contributed by atoms with Crippen LogP contribution in [0.1, 0.15) is 64.9 Å². The number of amides is 1. The van der Waals surface area contributed by atoms with Crippen molar-refractivity contribution in [2.24, 2.45) is 17.8 Å². The number of nitrogens with one attached hydrogen (secondary N) is 1. The molecule has 7 heteroatoms. The number of alkyl carbamates (subject to hydrolysis) is 1. The van der Waals surface area contributed by atoms with E-state index in [4.69, 9.17) is 14.2 Å². The van der Waals surface area contributed by atoms with E-state index >= 15 is 0 Å². The average Bonchev–Trinajstić information content (AvgIpc) is 2.75. The highest BCUT2D eigenvalue weighted by Gasteiger charge is 2.30.